The fraction of sp³-hybridized carbons (Fsp3) is 0.946. The van der Waals surface area contributed by atoms with Gasteiger partial charge in [0.1, 0.15) is 13.2 Å². The van der Waals surface area contributed by atoms with Gasteiger partial charge < -0.3 is 19.8 Å². The van der Waals surface area contributed by atoms with E-state index in [1.807, 2.05) is 21.1 Å². The molecule has 9 heteroatoms. The SMILES string of the molecule is CCCCCCCCCC/C=C\CCCCCCCCCCCCCCCCCCCC(=O)NC(COP(=O)(O)OCC[N+](C)(C)C)C(O)CCCCCCCCCCCCCCCC. The largest absolute Gasteiger partial charge is 0.472 e. The fourth-order valence-corrected chi connectivity index (χ4v) is 9.49. The lowest BCUT2D eigenvalue weighted by Gasteiger charge is -2.26. The lowest BCUT2D eigenvalue weighted by atomic mass is 10.0. The average Bonchev–Trinajstić information content (AvgIpc) is 3.26. The summed E-state index contributed by atoms with van der Waals surface area (Å²) in [5.41, 5.74) is 0. The van der Waals surface area contributed by atoms with Crippen LogP contribution < -0.4 is 5.32 Å². The maximum atomic E-state index is 13.0. The predicted octanol–water partition coefficient (Wildman–Crippen LogP) is 17.0. The molecule has 1 amide bonds. The van der Waals surface area contributed by atoms with Crippen molar-refractivity contribution in [3.05, 3.63) is 12.2 Å². The number of carbonyl (C=O) groups excluding carboxylic acids is 1. The molecule has 0 rings (SSSR count). The van der Waals surface area contributed by atoms with Crippen LogP contribution in [0.2, 0.25) is 0 Å². The first-order chi connectivity index (χ1) is 31.5. The van der Waals surface area contributed by atoms with Gasteiger partial charge in [-0.15, -0.1) is 0 Å². The number of phosphoric ester groups is 1. The van der Waals surface area contributed by atoms with Crippen LogP contribution in [0.5, 0.6) is 0 Å². The van der Waals surface area contributed by atoms with Crippen LogP contribution in [0.1, 0.15) is 290 Å². The summed E-state index contributed by atoms with van der Waals surface area (Å²) in [5, 5.41) is 14.0. The first-order valence-electron chi connectivity index (χ1n) is 28.6. The van der Waals surface area contributed by atoms with Gasteiger partial charge in [0.05, 0.1) is 39.9 Å². The molecule has 0 aromatic carbocycles. The fourth-order valence-electron chi connectivity index (χ4n) is 8.75. The van der Waals surface area contributed by atoms with Crippen molar-refractivity contribution in [1.29, 1.82) is 0 Å². The van der Waals surface area contributed by atoms with Crippen LogP contribution in [0, 0.1) is 0 Å². The second-order valence-electron chi connectivity index (χ2n) is 21.0. The molecular weight excluding hydrogens is 828 g/mol. The normalized spacial score (nSPS) is 14.0. The highest BCUT2D eigenvalue weighted by atomic mass is 31.2. The molecule has 0 aliphatic heterocycles. The van der Waals surface area contributed by atoms with Crippen molar-refractivity contribution in [2.24, 2.45) is 0 Å². The Morgan fingerprint density at radius 1 is 0.508 bits per heavy atom. The second kappa shape index (κ2) is 48.3. The highest BCUT2D eigenvalue weighted by Gasteiger charge is 2.28. The Bertz CT molecular complexity index is 1070. The maximum Gasteiger partial charge on any atom is 0.472 e. The molecule has 3 unspecified atom stereocenters. The molecule has 65 heavy (non-hydrogen) atoms. The number of nitrogens with zero attached hydrogens (tertiary/aromatic N) is 1. The summed E-state index contributed by atoms with van der Waals surface area (Å²) in [5.74, 6) is -0.139. The molecule has 388 valence electrons. The van der Waals surface area contributed by atoms with Gasteiger partial charge in [-0.1, -0.05) is 257 Å². The number of aliphatic hydroxyl groups is 1. The number of allylic oxidation sites excluding steroid dienone is 2. The lowest BCUT2D eigenvalue weighted by Crippen LogP contribution is -2.46. The van der Waals surface area contributed by atoms with Gasteiger partial charge in [0.15, 0.2) is 0 Å². The van der Waals surface area contributed by atoms with Gasteiger partial charge in [-0.2, -0.15) is 0 Å². The molecule has 0 saturated carbocycles. The summed E-state index contributed by atoms with van der Waals surface area (Å²) in [6, 6.07) is -0.756. The van der Waals surface area contributed by atoms with Crippen LogP contribution in [0.4, 0.5) is 0 Å². The van der Waals surface area contributed by atoms with Gasteiger partial charge in [-0.05, 0) is 38.5 Å². The number of nitrogens with one attached hydrogen (secondary N) is 1. The molecule has 0 bridgehead atoms. The smallest absolute Gasteiger partial charge is 0.391 e. The van der Waals surface area contributed by atoms with Crippen LogP contribution in [0.25, 0.3) is 0 Å². The van der Waals surface area contributed by atoms with E-state index in [9.17, 15) is 19.4 Å². The first kappa shape index (κ1) is 64.2. The second-order valence-corrected chi connectivity index (χ2v) is 22.5. The van der Waals surface area contributed by atoms with E-state index in [4.69, 9.17) is 9.05 Å². The third-order valence-corrected chi connectivity index (χ3v) is 14.2. The van der Waals surface area contributed by atoms with Crippen molar-refractivity contribution in [2.75, 3.05) is 40.9 Å². The molecule has 3 N–H and O–H groups in total. The molecule has 0 aromatic rings. The van der Waals surface area contributed by atoms with E-state index in [0.717, 1.165) is 38.5 Å². The zero-order valence-corrected chi connectivity index (χ0v) is 45.2. The molecule has 0 spiro atoms. The van der Waals surface area contributed by atoms with Gasteiger partial charge in [-0.3, -0.25) is 13.8 Å². The van der Waals surface area contributed by atoms with Crippen LogP contribution in [0.3, 0.4) is 0 Å². The Balaban J connectivity index is 4.03. The zero-order chi connectivity index (χ0) is 47.8. The average molecular weight is 943 g/mol. The van der Waals surface area contributed by atoms with Crippen molar-refractivity contribution in [3.8, 4) is 0 Å². The van der Waals surface area contributed by atoms with Crippen LogP contribution in [-0.2, 0) is 18.4 Å². The van der Waals surface area contributed by atoms with Gasteiger partial charge in [-0.25, -0.2) is 4.57 Å². The van der Waals surface area contributed by atoms with E-state index in [1.165, 1.54) is 225 Å². The van der Waals surface area contributed by atoms with Crippen molar-refractivity contribution < 1.29 is 32.9 Å². The molecule has 0 fully saturated rings. The summed E-state index contributed by atoms with van der Waals surface area (Å²) in [7, 11) is 1.63. The van der Waals surface area contributed by atoms with Crippen LogP contribution >= 0.6 is 7.82 Å². The summed E-state index contributed by atoms with van der Waals surface area (Å²) in [6.07, 6.45) is 58.4. The van der Waals surface area contributed by atoms with E-state index in [1.54, 1.807) is 0 Å². The zero-order valence-electron chi connectivity index (χ0n) is 44.3. The first-order valence-corrected chi connectivity index (χ1v) is 30.0. The molecule has 3 atom stereocenters. The standard InChI is InChI=1S/C56H113N2O6P/c1-6-8-10-12-14-16-18-20-22-23-24-25-26-27-28-29-30-31-32-33-34-35-36-38-40-42-44-46-48-50-56(60)57-54(53-64-65(61,62)63-52-51-58(3,4)5)55(59)49-47-45-43-41-39-37-21-19-17-15-13-11-9-7-2/h23-24,54-55,59H,6-22,25-53H2,1-5H3,(H-,57,60,61,62)/p+1/b24-23-. The molecular formula is C56H114N2O6P+. The minimum Gasteiger partial charge on any atom is -0.391 e. The third kappa shape index (κ3) is 50.9. The van der Waals surface area contributed by atoms with E-state index < -0.39 is 20.0 Å². The van der Waals surface area contributed by atoms with Crippen LogP contribution in [0.15, 0.2) is 12.2 Å². The predicted molar refractivity (Wildman–Crippen MR) is 282 cm³/mol. The lowest BCUT2D eigenvalue weighted by molar-refractivity contribution is -0.870. The highest BCUT2D eigenvalue weighted by molar-refractivity contribution is 7.47. The van der Waals surface area contributed by atoms with Gasteiger partial charge in [0.2, 0.25) is 5.91 Å². The van der Waals surface area contributed by atoms with E-state index in [0.29, 0.717) is 23.9 Å². The molecule has 8 nitrogen and oxygen atoms in total. The van der Waals surface area contributed by atoms with Crippen molar-refractivity contribution in [1.82, 2.24) is 5.32 Å². The van der Waals surface area contributed by atoms with E-state index >= 15 is 0 Å². The Hall–Kier alpha value is -0.760. The molecule has 0 heterocycles. The Morgan fingerprint density at radius 3 is 1.18 bits per heavy atom. The molecule has 0 saturated heterocycles. The minimum atomic E-state index is -4.32. The maximum absolute atomic E-state index is 13.0. The number of carbonyl (C=O) groups is 1. The van der Waals surface area contributed by atoms with Crippen molar-refractivity contribution in [3.63, 3.8) is 0 Å². The molecule has 0 aliphatic rings. The number of amides is 1. The van der Waals surface area contributed by atoms with Gasteiger partial charge >= 0.3 is 7.82 Å². The topological polar surface area (TPSA) is 105 Å². The Kier molecular flexibility index (Phi) is 47.7. The third-order valence-electron chi connectivity index (χ3n) is 13.3. The number of likely N-dealkylation sites (N-methyl/N-ethyl adjacent to an activating group) is 1. The summed E-state index contributed by atoms with van der Waals surface area (Å²) < 4.78 is 23.7. The monoisotopic (exact) mass is 942 g/mol. The number of phosphoric acid groups is 1. The van der Waals surface area contributed by atoms with E-state index in [2.05, 4.69) is 31.3 Å². The number of quaternary nitrogens is 1. The van der Waals surface area contributed by atoms with Gasteiger partial charge in [0.25, 0.3) is 0 Å². The van der Waals surface area contributed by atoms with Crippen molar-refractivity contribution in [2.45, 2.75) is 302 Å². The Labute approximate surface area is 405 Å². The van der Waals surface area contributed by atoms with E-state index in [-0.39, 0.29) is 19.1 Å². The number of unbranched alkanes of at least 4 members (excludes halogenated alkanes) is 38. The molecule has 0 radical (unpaired) electrons. The number of aliphatic hydroxyl groups excluding tert-OH is 1. The number of hydrogen-bond acceptors (Lipinski definition) is 5. The number of rotatable bonds is 53. The molecule has 0 aliphatic carbocycles. The summed E-state index contributed by atoms with van der Waals surface area (Å²) in [4.78, 5) is 23.3. The summed E-state index contributed by atoms with van der Waals surface area (Å²) in [6.45, 7) is 4.92. The molecule has 0 aromatic heterocycles. The van der Waals surface area contributed by atoms with Crippen molar-refractivity contribution >= 4 is 13.7 Å². The quantitative estimate of drug-likeness (QED) is 0.0243. The highest BCUT2D eigenvalue weighted by Crippen LogP contribution is 2.43. The Morgan fingerprint density at radius 2 is 0.831 bits per heavy atom. The summed E-state index contributed by atoms with van der Waals surface area (Å²) >= 11 is 0. The van der Waals surface area contributed by atoms with Crippen LogP contribution in [-0.4, -0.2) is 73.4 Å². The minimum absolute atomic E-state index is 0.0777. The number of hydrogen-bond donors (Lipinski definition) is 3. The van der Waals surface area contributed by atoms with Gasteiger partial charge in [0, 0.05) is 6.42 Å².